The molecule has 1 saturated carbocycles. The van der Waals surface area contributed by atoms with E-state index in [9.17, 15) is 0 Å². The van der Waals surface area contributed by atoms with Gasteiger partial charge in [-0.2, -0.15) is 0 Å². The molecule has 2 N–H and O–H groups in total. The first-order chi connectivity index (χ1) is 7.77. The van der Waals surface area contributed by atoms with Gasteiger partial charge in [0.1, 0.15) is 0 Å². The highest BCUT2D eigenvalue weighted by Crippen LogP contribution is 2.52. The van der Waals surface area contributed by atoms with Gasteiger partial charge in [-0.25, -0.2) is 0 Å². The van der Waals surface area contributed by atoms with Gasteiger partial charge in [0.15, 0.2) is 11.5 Å². The van der Waals surface area contributed by atoms with Crippen LogP contribution in [0.25, 0.3) is 0 Å². The van der Waals surface area contributed by atoms with Crippen LogP contribution in [-0.4, -0.2) is 13.3 Å². The monoisotopic (exact) mass is 283 g/mol. The molecule has 86 valence electrons. The third-order valence-corrected chi connectivity index (χ3v) is 4.37. The van der Waals surface area contributed by atoms with Crippen LogP contribution in [0.15, 0.2) is 16.6 Å². The molecule has 16 heavy (non-hydrogen) atoms. The zero-order chi connectivity index (χ0) is 11.2. The molecule has 0 aromatic heterocycles. The summed E-state index contributed by atoms with van der Waals surface area (Å²) in [6.07, 6.45) is 3.56. The molecule has 2 aliphatic rings. The lowest BCUT2D eigenvalue weighted by Gasteiger charge is -2.41. The Morgan fingerprint density at radius 1 is 1.25 bits per heavy atom. The highest BCUT2D eigenvalue weighted by Gasteiger charge is 2.41. The molecule has 0 unspecified atom stereocenters. The molecule has 0 amide bonds. The standard InChI is InChI=1S/C12H14BrNO2/c13-9-3-2-8(10-11(9)16-7-15-10)12(6-14)4-1-5-12/h2-3H,1,4-7,14H2. The predicted molar refractivity (Wildman–Crippen MR) is 64.8 cm³/mol. The fourth-order valence-corrected chi connectivity index (χ4v) is 3.00. The summed E-state index contributed by atoms with van der Waals surface area (Å²) < 4.78 is 12.0. The minimum atomic E-state index is 0.123. The van der Waals surface area contributed by atoms with E-state index in [1.54, 1.807) is 0 Å². The molecule has 0 atom stereocenters. The normalized spacial score (nSPS) is 20.6. The van der Waals surface area contributed by atoms with Crippen molar-refractivity contribution in [3.63, 3.8) is 0 Å². The second-order valence-electron chi connectivity index (χ2n) is 4.50. The Morgan fingerprint density at radius 3 is 2.62 bits per heavy atom. The molecule has 0 radical (unpaired) electrons. The molecule has 0 spiro atoms. The van der Waals surface area contributed by atoms with Crippen molar-refractivity contribution in [3.05, 3.63) is 22.2 Å². The molecular formula is C12H14BrNO2. The van der Waals surface area contributed by atoms with Crippen LogP contribution in [-0.2, 0) is 5.41 Å². The van der Waals surface area contributed by atoms with E-state index in [2.05, 4.69) is 22.0 Å². The average Bonchev–Trinajstić information content (AvgIpc) is 2.70. The molecule has 0 bridgehead atoms. The molecule has 3 nitrogen and oxygen atoms in total. The maximum Gasteiger partial charge on any atom is 0.231 e. The quantitative estimate of drug-likeness (QED) is 0.907. The van der Waals surface area contributed by atoms with Crippen molar-refractivity contribution in [3.8, 4) is 11.5 Å². The van der Waals surface area contributed by atoms with Gasteiger partial charge in [0.2, 0.25) is 6.79 Å². The van der Waals surface area contributed by atoms with E-state index in [0.29, 0.717) is 13.3 Å². The average molecular weight is 284 g/mol. The van der Waals surface area contributed by atoms with Gasteiger partial charge in [0.25, 0.3) is 0 Å². The van der Waals surface area contributed by atoms with Crippen LogP contribution >= 0.6 is 15.9 Å². The summed E-state index contributed by atoms with van der Waals surface area (Å²) in [5, 5.41) is 0. The van der Waals surface area contributed by atoms with E-state index in [1.165, 1.54) is 12.0 Å². The first-order valence-electron chi connectivity index (χ1n) is 5.55. The van der Waals surface area contributed by atoms with Crippen molar-refractivity contribution >= 4 is 15.9 Å². The molecule has 1 aromatic carbocycles. The second-order valence-corrected chi connectivity index (χ2v) is 5.35. The van der Waals surface area contributed by atoms with E-state index >= 15 is 0 Å². The van der Waals surface area contributed by atoms with Crippen molar-refractivity contribution < 1.29 is 9.47 Å². The van der Waals surface area contributed by atoms with Crippen LogP contribution in [0.5, 0.6) is 11.5 Å². The first-order valence-corrected chi connectivity index (χ1v) is 6.35. The van der Waals surface area contributed by atoms with Crippen LogP contribution in [0, 0.1) is 0 Å². The lowest BCUT2D eigenvalue weighted by molar-refractivity contribution is 0.168. The summed E-state index contributed by atoms with van der Waals surface area (Å²) in [6.45, 7) is 0.996. The van der Waals surface area contributed by atoms with Gasteiger partial charge in [-0.05, 0) is 34.8 Å². The zero-order valence-corrected chi connectivity index (χ0v) is 10.5. The number of halogens is 1. The van der Waals surface area contributed by atoms with Crippen LogP contribution in [0.2, 0.25) is 0 Å². The van der Waals surface area contributed by atoms with Crippen LogP contribution < -0.4 is 15.2 Å². The first kappa shape index (κ1) is 10.4. The van der Waals surface area contributed by atoms with Crippen molar-refractivity contribution in [1.82, 2.24) is 0 Å². The Hall–Kier alpha value is -0.740. The number of hydrogen-bond acceptors (Lipinski definition) is 3. The SMILES string of the molecule is NCC1(c2ccc(Br)c3c2OCO3)CCC1. The fraction of sp³-hybridized carbons (Fsp3) is 0.500. The van der Waals surface area contributed by atoms with E-state index in [0.717, 1.165) is 28.8 Å². The molecule has 1 fully saturated rings. The Kier molecular flexibility index (Phi) is 2.37. The Balaban J connectivity index is 2.11. The number of ether oxygens (including phenoxy) is 2. The fourth-order valence-electron chi connectivity index (χ4n) is 2.57. The van der Waals surface area contributed by atoms with Gasteiger partial charge in [-0.3, -0.25) is 0 Å². The summed E-state index contributed by atoms with van der Waals surface area (Å²) in [5.74, 6) is 1.72. The van der Waals surface area contributed by atoms with Gasteiger partial charge in [-0.15, -0.1) is 0 Å². The number of rotatable bonds is 2. The van der Waals surface area contributed by atoms with Gasteiger partial charge in [-0.1, -0.05) is 12.5 Å². The summed E-state index contributed by atoms with van der Waals surface area (Å²) in [4.78, 5) is 0. The minimum Gasteiger partial charge on any atom is -0.453 e. The van der Waals surface area contributed by atoms with Crippen molar-refractivity contribution in [2.24, 2.45) is 5.73 Å². The maximum absolute atomic E-state index is 5.92. The van der Waals surface area contributed by atoms with Crippen molar-refractivity contribution in [2.45, 2.75) is 24.7 Å². The molecule has 1 aliphatic heterocycles. The summed E-state index contributed by atoms with van der Waals surface area (Å²) >= 11 is 3.47. The minimum absolute atomic E-state index is 0.123. The Labute approximate surface area is 103 Å². The third kappa shape index (κ3) is 1.29. The van der Waals surface area contributed by atoms with E-state index in [-0.39, 0.29) is 5.41 Å². The molecule has 1 heterocycles. The number of hydrogen-bond donors (Lipinski definition) is 1. The largest absolute Gasteiger partial charge is 0.453 e. The highest BCUT2D eigenvalue weighted by atomic mass is 79.9. The third-order valence-electron chi connectivity index (χ3n) is 3.74. The maximum atomic E-state index is 5.92. The van der Waals surface area contributed by atoms with Crippen molar-refractivity contribution in [1.29, 1.82) is 0 Å². The van der Waals surface area contributed by atoms with E-state index in [1.807, 2.05) is 6.07 Å². The second kappa shape index (κ2) is 3.64. The van der Waals surface area contributed by atoms with Gasteiger partial charge in [0.05, 0.1) is 4.47 Å². The lowest BCUT2D eigenvalue weighted by Crippen LogP contribution is -2.41. The topological polar surface area (TPSA) is 44.5 Å². The zero-order valence-electron chi connectivity index (χ0n) is 8.96. The van der Waals surface area contributed by atoms with E-state index in [4.69, 9.17) is 15.2 Å². The van der Waals surface area contributed by atoms with Crippen LogP contribution in [0.4, 0.5) is 0 Å². The van der Waals surface area contributed by atoms with Gasteiger partial charge in [0, 0.05) is 17.5 Å². The summed E-state index contributed by atoms with van der Waals surface area (Å²) in [7, 11) is 0. The lowest BCUT2D eigenvalue weighted by atomic mass is 9.64. The van der Waals surface area contributed by atoms with Crippen molar-refractivity contribution in [2.75, 3.05) is 13.3 Å². The number of fused-ring (bicyclic) bond motifs is 1. The molecule has 0 saturated heterocycles. The summed E-state index contributed by atoms with van der Waals surface area (Å²) in [5.41, 5.74) is 7.27. The molecular weight excluding hydrogens is 270 g/mol. The number of benzene rings is 1. The predicted octanol–water partition coefficient (Wildman–Crippen LogP) is 2.56. The smallest absolute Gasteiger partial charge is 0.231 e. The Morgan fingerprint density at radius 2 is 2.00 bits per heavy atom. The highest BCUT2D eigenvalue weighted by molar-refractivity contribution is 9.10. The molecule has 1 aromatic rings. The molecule has 4 heteroatoms. The van der Waals surface area contributed by atoms with Gasteiger partial charge >= 0.3 is 0 Å². The Bertz CT molecular complexity index is 424. The number of nitrogens with two attached hydrogens (primary N) is 1. The van der Waals surface area contributed by atoms with Crippen LogP contribution in [0.1, 0.15) is 24.8 Å². The molecule has 1 aliphatic carbocycles. The summed E-state index contributed by atoms with van der Waals surface area (Å²) in [6, 6.07) is 4.14. The molecule has 3 rings (SSSR count). The van der Waals surface area contributed by atoms with Gasteiger partial charge < -0.3 is 15.2 Å². The van der Waals surface area contributed by atoms with E-state index < -0.39 is 0 Å². The van der Waals surface area contributed by atoms with Crippen LogP contribution in [0.3, 0.4) is 0 Å².